The first-order valence-electron chi connectivity index (χ1n) is 16.9. The third-order valence-corrected chi connectivity index (χ3v) is 9.93. The minimum Gasteiger partial charge on any atom is -0.422 e. The summed E-state index contributed by atoms with van der Waals surface area (Å²) >= 11 is 1.51. The number of nitrogens with zero attached hydrogens (tertiary/aromatic N) is 4. The van der Waals surface area contributed by atoms with Crippen LogP contribution in [0, 0.1) is 0 Å². The van der Waals surface area contributed by atoms with Gasteiger partial charge in [0.1, 0.15) is 27.6 Å². The monoisotopic (exact) mass is 683 g/mol. The lowest BCUT2D eigenvalue weighted by molar-refractivity contribution is 0.562. The quantitative estimate of drug-likeness (QED) is 0.158. The Bertz CT molecular complexity index is 2330. The summed E-state index contributed by atoms with van der Waals surface area (Å²) in [5, 5.41) is 2.49. The molecule has 252 valence electrons. The SMILES string of the molecule is CCN(CC)c1ccc2cc(-c3nc4ccccc4[nH]3)c(=O)oc2c1.CCN(CC)c1ccc2cc(-c3nc4ccccc4s3)c(=O)oc2c1. The Balaban J connectivity index is 0.000000157. The Hall–Kier alpha value is -5.74. The molecule has 9 nitrogen and oxygen atoms in total. The molecule has 4 aromatic heterocycles. The molecule has 0 bridgehead atoms. The highest BCUT2D eigenvalue weighted by atomic mass is 32.1. The Morgan fingerprint density at radius 2 is 1.16 bits per heavy atom. The number of H-pyrrole nitrogens is 1. The van der Waals surface area contributed by atoms with E-state index in [-0.39, 0.29) is 11.3 Å². The number of anilines is 2. The van der Waals surface area contributed by atoms with Crippen LogP contribution in [0.25, 0.3) is 65.1 Å². The number of hydrogen-bond acceptors (Lipinski definition) is 9. The zero-order valence-corrected chi connectivity index (χ0v) is 29.2. The molecule has 0 radical (unpaired) electrons. The lowest BCUT2D eigenvalue weighted by atomic mass is 10.1. The number of rotatable bonds is 8. The van der Waals surface area contributed by atoms with Crippen molar-refractivity contribution in [1.29, 1.82) is 0 Å². The summed E-state index contributed by atoms with van der Waals surface area (Å²) in [4.78, 5) is 41.7. The van der Waals surface area contributed by atoms with Crippen LogP contribution in [0.2, 0.25) is 0 Å². The molecule has 0 aliphatic heterocycles. The van der Waals surface area contributed by atoms with Gasteiger partial charge < -0.3 is 23.6 Å². The molecular weight excluding hydrogens is 647 g/mol. The molecule has 8 aromatic rings. The van der Waals surface area contributed by atoms with Crippen molar-refractivity contribution in [2.45, 2.75) is 27.7 Å². The van der Waals surface area contributed by atoms with E-state index in [9.17, 15) is 9.59 Å². The molecule has 8 rings (SSSR count). The van der Waals surface area contributed by atoms with Crippen molar-refractivity contribution in [1.82, 2.24) is 15.0 Å². The Morgan fingerprint density at radius 1 is 0.620 bits per heavy atom. The molecule has 0 aliphatic carbocycles. The zero-order valence-electron chi connectivity index (χ0n) is 28.4. The van der Waals surface area contributed by atoms with Crippen LogP contribution < -0.4 is 21.1 Å². The van der Waals surface area contributed by atoms with Crippen molar-refractivity contribution < 1.29 is 8.83 Å². The van der Waals surface area contributed by atoms with E-state index in [0.717, 1.165) is 69.6 Å². The van der Waals surface area contributed by atoms with Crippen LogP contribution in [0.15, 0.2) is 115 Å². The number of aromatic amines is 1. The first kappa shape index (κ1) is 32.8. The maximum atomic E-state index is 12.5. The van der Waals surface area contributed by atoms with Crippen molar-refractivity contribution in [2.24, 2.45) is 0 Å². The number of para-hydroxylation sites is 3. The fraction of sp³-hybridized carbons (Fsp3) is 0.200. The van der Waals surface area contributed by atoms with E-state index in [2.05, 4.69) is 64.6 Å². The highest BCUT2D eigenvalue weighted by molar-refractivity contribution is 7.21. The van der Waals surface area contributed by atoms with Gasteiger partial charge in [0.25, 0.3) is 0 Å². The third kappa shape index (κ3) is 6.37. The van der Waals surface area contributed by atoms with E-state index in [1.807, 2.05) is 84.9 Å². The van der Waals surface area contributed by atoms with Gasteiger partial charge in [0.15, 0.2) is 0 Å². The van der Waals surface area contributed by atoms with Crippen molar-refractivity contribution >= 4 is 65.9 Å². The summed E-state index contributed by atoms with van der Waals surface area (Å²) in [6, 6.07) is 31.3. The normalized spacial score (nSPS) is 11.3. The molecule has 50 heavy (non-hydrogen) atoms. The average molecular weight is 684 g/mol. The largest absolute Gasteiger partial charge is 0.422 e. The van der Waals surface area contributed by atoms with Gasteiger partial charge in [0.05, 0.1) is 26.8 Å². The number of imidazole rings is 1. The molecule has 10 heteroatoms. The van der Waals surface area contributed by atoms with Crippen LogP contribution in [-0.4, -0.2) is 41.1 Å². The van der Waals surface area contributed by atoms with Crippen LogP contribution in [0.4, 0.5) is 11.4 Å². The van der Waals surface area contributed by atoms with Crippen molar-refractivity contribution in [3.63, 3.8) is 0 Å². The first-order valence-corrected chi connectivity index (χ1v) is 17.7. The number of hydrogen-bond donors (Lipinski definition) is 1. The molecule has 0 fully saturated rings. The Morgan fingerprint density at radius 3 is 1.74 bits per heavy atom. The second kappa shape index (κ2) is 14.0. The number of aromatic nitrogens is 3. The first-order chi connectivity index (χ1) is 24.4. The van der Waals surface area contributed by atoms with Crippen LogP contribution >= 0.6 is 11.3 Å². The molecule has 0 saturated heterocycles. The predicted molar refractivity (Wildman–Crippen MR) is 206 cm³/mol. The summed E-state index contributed by atoms with van der Waals surface area (Å²) in [6.07, 6.45) is 0. The van der Waals surface area contributed by atoms with E-state index >= 15 is 0 Å². The van der Waals surface area contributed by atoms with E-state index in [1.54, 1.807) is 0 Å². The van der Waals surface area contributed by atoms with Crippen LogP contribution in [0.3, 0.4) is 0 Å². The molecule has 4 aromatic carbocycles. The van der Waals surface area contributed by atoms with Gasteiger partial charge in [-0.15, -0.1) is 11.3 Å². The van der Waals surface area contributed by atoms with Gasteiger partial charge in [-0.25, -0.2) is 19.6 Å². The van der Waals surface area contributed by atoms with Gasteiger partial charge in [-0.05, 0) is 88.4 Å². The van der Waals surface area contributed by atoms with Crippen LogP contribution in [-0.2, 0) is 0 Å². The maximum Gasteiger partial charge on any atom is 0.347 e. The average Bonchev–Trinajstić information content (AvgIpc) is 3.77. The molecule has 0 spiro atoms. The van der Waals surface area contributed by atoms with Crippen molar-refractivity contribution in [3.05, 3.63) is 118 Å². The zero-order chi connectivity index (χ0) is 34.8. The Kier molecular flexibility index (Phi) is 9.19. The smallest absolute Gasteiger partial charge is 0.347 e. The van der Waals surface area contributed by atoms with Crippen LogP contribution in [0.1, 0.15) is 27.7 Å². The van der Waals surface area contributed by atoms with Gasteiger partial charge in [-0.3, -0.25) is 0 Å². The van der Waals surface area contributed by atoms with E-state index in [1.165, 1.54) is 11.3 Å². The van der Waals surface area contributed by atoms with E-state index < -0.39 is 0 Å². The molecule has 0 atom stereocenters. The molecule has 0 unspecified atom stereocenters. The van der Waals surface area contributed by atoms with Crippen molar-refractivity contribution in [3.8, 4) is 22.0 Å². The standard InChI is InChI=1S/C20H19N3O2.C20H18N2O2S/c1-3-23(4-2)14-10-9-13-11-15(20(24)25-18(13)12-14)19-21-16-7-5-6-8-17(16)22-19;1-3-22(4-2)14-10-9-13-11-15(20(23)24-17(13)12-14)19-21-16-7-5-6-8-18(16)25-19/h5-12H,3-4H2,1-2H3,(H,21,22);5-12H,3-4H2,1-2H3. The molecule has 0 saturated carbocycles. The summed E-state index contributed by atoms with van der Waals surface area (Å²) in [6.45, 7) is 12.1. The second-order valence-electron chi connectivity index (χ2n) is 11.8. The molecule has 0 aliphatic rings. The van der Waals surface area contributed by atoms with Crippen LogP contribution in [0.5, 0.6) is 0 Å². The van der Waals surface area contributed by atoms with Gasteiger partial charge in [0, 0.05) is 60.5 Å². The topological polar surface area (TPSA) is 108 Å². The fourth-order valence-electron chi connectivity index (χ4n) is 6.15. The highest BCUT2D eigenvalue weighted by Gasteiger charge is 2.15. The third-order valence-electron chi connectivity index (χ3n) is 8.87. The summed E-state index contributed by atoms with van der Waals surface area (Å²) < 4.78 is 12.3. The predicted octanol–water partition coefficient (Wildman–Crippen LogP) is 9.10. The molecule has 1 N–H and O–H groups in total. The lowest BCUT2D eigenvalue weighted by Gasteiger charge is -2.20. The molecule has 4 heterocycles. The van der Waals surface area contributed by atoms with Gasteiger partial charge in [-0.2, -0.15) is 0 Å². The molecular formula is C40H37N5O4S. The summed E-state index contributed by atoms with van der Waals surface area (Å²) in [5.74, 6) is 0.532. The summed E-state index contributed by atoms with van der Waals surface area (Å²) in [5.41, 5.74) is 6.18. The Labute approximate surface area is 292 Å². The lowest BCUT2D eigenvalue weighted by Crippen LogP contribution is -2.21. The maximum absolute atomic E-state index is 12.5. The van der Waals surface area contributed by atoms with Gasteiger partial charge in [-0.1, -0.05) is 24.3 Å². The fourth-order valence-corrected chi connectivity index (χ4v) is 7.12. The molecule has 0 amide bonds. The highest BCUT2D eigenvalue weighted by Crippen LogP contribution is 2.31. The van der Waals surface area contributed by atoms with Crippen molar-refractivity contribution in [2.75, 3.05) is 36.0 Å². The number of nitrogens with one attached hydrogen (secondary N) is 1. The van der Waals surface area contributed by atoms with Gasteiger partial charge >= 0.3 is 11.3 Å². The van der Waals surface area contributed by atoms with E-state index in [0.29, 0.717) is 33.1 Å². The second-order valence-corrected chi connectivity index (χ2v) is 12.8. The van der Waals surface area contributed by atoms with Gasteiger partial charge in [0.2, 0.25) is 0 Å². The minimum absolute atomic E-state index is 0.344. The number of benzene rings is 4. The number of thiazole rings is 1. The minimum atomic E-state index is -0.386. The summed E-state index contributed by atoms with van der Waals surface area (Å²) in [7, 11) is 0. The van der Waals surface area contributed by atoms with E-state index in [4.69, 9.17) is 8.83 Å². The number of fused-ring (bicyclic) bond motifs is 4.